The van der Waals surface area contributed by atoms with Crippen LogP contribution in [-0.2, 0) is 11.2 Å². The van der Waals surface area contributed by atoms with Gasteiger partial charge in [-0.25, -0.2) is 4.39 Å². The number of nitrogen functional groups attached to an aromatic ring is 1. The van der Waals surface area contributed by atoms with Crippen LogP contribution >= 0.6 is 11.6 Å². The van der Waals surface area contributed by atoms with E-state index in [0.29, 0.717) is 11.3 Å². The van der Waals surface area contributed by atoms with Crippen molar-refractivity contribution < 1.29 is 9.18 Å². The lowest BCUT2D eigenvalue weighted by Gasteiger charge is -2.01. The molecule has 0 atom stereocenters. The molecule has 2 N–H and O–H groups in total. The summed E-state index contributed by atoms with van der Waals surface area (Å²) in [4.78, 5) is 11.8. The molecule has 0 saturated carbocycles. The predicted octanol–water partition coefficient (Wildman–Crippen LogP) is 3.89. The molecule has 0 spiro atoms. The molecular weight excluding hydrogens is 277 g/mol. The maximum Gasteiger partial charge on any atom is 0.160 e. The van der Waals surface area contributed by atoms with Crippen LogP contribution in [0.1, 0.15) is 11.1 Å². The van der Waals surface area contributed by atoms with Gasteiger partial charge in [-0.1, -0.05) is 35.9 Å². The van der Waals surface area contributed by atoms with Crippen molar-refractivity contribution in [3.8, 4) is 0 Å². The fourth-order valence-corrected chi connectivity index (χ4v) is 1.94. The van der Waals surface area contributed by atoms with Crippen molar-refractivity contribution in [3.05, 3.63) is 70.5 Å². The van der Waals surface area contributed by atoms with E-state index < -0.39 is 5.82 Å². The second-order valence-electron chi connectivity index (χ2n) is 4.38. The van der Waals surface area contributed by atoms with Crippen LogP contribution in [0.2, 0.25) is 5.02 Å². The Labute approximate surface area is 121 Å². The molecule has 2 aromatic rings. The molecule has 0 fully saturated rings. The minimum Gasteiger partial charge on any atom is -0.399 e. The first-order valence-corrected chi connectivity index (χ1v) is 6.43. The Balaban J connectivity index is 2.03. The van der Waals surface area contributed by atoms with Crippen LogP contribution in [0.25, 0.3) is 6.08 Å². The minimum atomic E-state index is -0.413. The lowest BCUT2D eigenvalue weighted by Crippen LogP contribution is -1.99. The fraction of sp³-hybridized carbons (Fsp3) is 0.0625. The van der Waals surface area contributed by atoms with E-state index in [0.717, 1.165) is 5.56 Å². The van der Waals surface area contributed by atoms with Gasteiger partial charge in [0.15, 0.2) is 5.78 Å². The van der Waals surface area contributed by atoms with Crippen LogP contribution in [-0.4, -0.2) is 5.78 Å². The highest BCUT2D eigenvalue weighted by Gasteiger charge is 2.05. The van der Waals surface area contributed by atoms with Gasteiger partial charge in [-0.3, -0.25) is 4.79 Å². The van der Waals surface area contributed by atoms with Crippen LogP contribution in [0, 0.1) is 5.82 Å². The second-order valence-corrected chi connectivity index (χ2v) is 4.79. The molecule has 0 bridgehead atoms. The molecule has 0 radical (unpaired) electrons. The summed E-state index contributed by atoms with van der Waals surface area (Å²) in [6.45, 7) is 0. The minimum absolute atomic E-state index is 0.102. The van der Waals surface area contributed by atoms with Crippen LogP contribution in [0.3, 0.4) is 0 Å². The van der Waals surface area contributed by atoms with E-state index in [1.54, 1.807) is 18.2 Å². The van der Waals surface area contributed by atoms with E-state index in [4.69, 9.17) is 17.3 Å². The molecule has 0 heterocycles. The molecule has 0 amide bonds. The maximum absolute atomic E-state index is 12.9. The number of hydrogen-bond donors (Lipinski definition) is 1. The topological polar surface area (TPSA) is 43.1 Å². The zero-order chi connectivity index (χ0) is 14.5. The summed E-state index contributed by atoms with van der Waals surface area (Å²) in [5.74, 6) is -0.515. The summed E-state index contributed by atoms with van der Waals surface area (Å²) in [7, 11) is 0. The highest BCUT2D eigenvalue weighted by molar-refractivity contribution is 6.31. The number of carbonyl (C=O) groups is 1. The number of ketones is 1. The summed E-state index contributed by atoms with van der Waals surface area (Å²) in [6.07, 6.45) is 3.33. The van der Waals surface area contributed by atoms with E-state index in [9.17, 15) is 9.18 Å². The second kappa shape index (κ2) is 6.35. The standard InChI is InChI=1S/C16H13ClFNO/c17-16-10-13(18)5-4-12(16)9-15(20)8-3-11-1-6-14(19)7-2-11/h1-8,10H,9,19H2/b8-3+. The molecular formula is C16H13ClFNO. The van der Waals surface area contributed by atoms with Gasteiger partial charge in [-0.15, -0.1) is 0 Å². The highest BCUT2D eigenvalue weighted by atomic mass is 35.5. The van der Waals surface area contributed by atoms with Crippen LogP contribution in [0.4, 0.5) is 10.1 Å². The first kappa shape index (κ1) is 14.3. The Kier molecular flexibility index (Phi) is 4.53. The summed E-state index contributed by atoms with van der Waals surface area (Å²) >= 11 is 5.88. The van der Waals surface area contributed by atoms with Crippen molar-refractivity contribution in [1.82, 2.24) is 0 Å². The Morgan fingerprint density at radius 1 is 1.20 bits per heavy atom. The van der Waals surface area contributed by atoms with Gasteiger partial charge in [-0.05, 0) is 41.5 Å². The third kappa shape index (κ3) is 3.93. The van der Waals surface area contributed by atoms with Crippen molar-refractivity contribution >= 4 is 29.1 Å². The first-order valence-electron chi connectivity index (χ1n) is 6.05. The van der Waals surface area contributed by atoms with Gasteiger partial charge in [0, 0.05) is 17.1 Å². The number of rotatable bonds is 4. The number of benzene rings is 2. The van der Waals surface area contributed by atoms with E-state index in [1.807, 2.05) is 12.1 Å². The zero-order valence-corrected chi connectivity index (χ0v) is 11.4. The van der Waals surface area contributed by atoms with Crippen LogP contribution in [0.5, 0.6) is 0 Å². The molecule has 4 heteroatoms. The molecule has 0 aromatic heterocycles. The molecule has 2 nitrogen and oxygen atoms in total. The van der Waals surface area contributed by atoms with E-state index >= 15 is 0 Å². The van der Waals surface area contributed by atoms with Gasteiger partial charge >= 0.3 is 0 Å². The quantitative estimate of drug-likeness (QED) is 0.685. The van der Waals surface area contributed by atoms with Gasteiger partial charge in [0.05, 0.1) is 0 Å². The number of halogens is 2. The summed E-state index contributed by atoms with van der Waals surface area (Å²) in [5.41, 5.74) is 7.75. The summed E-state index contributed by atoms with van der Waals surface area (Å²) in [6, 6.07) is 11.2. The van der Waals surface area contributed by atoms with Gasteiger partial charge in [-0.2, -0.15) is 0 Å². The smallest absolute Gasteiger partial charge is 0.160 e. The molecule has 0 saturated heterocycles. The average molecular weight is 290 g/mol. The SMILES string of the molecule is Nc1ccc(/C=C/C(=O)Cc2ccc(F)cc2Cl)cc1. The van der Waals surface area contributed by atoms with Crippen LogP contribution < -0.4 is 5.73 Å². The lowest BCUT2D eigenvalue weighted by molar-refractivity contribution is -0.113. The van der Waals surface area contributed by atoms with Crippen molar-refractivity contribution in [3.63, 3.8) is 0 Å². The Bertz CT molecular complexity index is 650. The van der Waals surface area contributed by atoms with Gasteiger partial charge in [0.1, 0.15) is 5.82 Å². The largest absolute Gasteiger partial charge is 0.399 e. The average Bonchev–Trinajstić information content (AvgIpc) is 2.41. The van der Waals surface area contributed by atoms with E-state index in [2.05, 4.69) is 0 Å². The Morgan fingerprint density at radius 3 is 2.55 bits per heavy atom. The molecule has 20 heavy (non-hydrogen) atoms. The van der Waals surface area contributed by atoms with Crippen LogP contribution in [0.15, 0.2) is 48.5 Å². The zero-order valence-electron chi connectivity index (χ0n) is 10.6. The van der Waals surface area contributed by atoms with Gasteiger partial charge < -0.3 is 5.73 Å². The fourth-order valence-electron chi connectivity index (χ4n) is 1.71. The molecule has 0 aliphatic heterocycles. The molecule has 2 rings (SSSR count). The van der Waals surface area contributed by atoms with Crippen molar-refractivity contribution in [2.45, 2.75) is 6.42 Å². The number of allylic oxidation sites excluding steroid dienone is 1. The van der Waals surface area contributed by atoms with Crippen molar-refractivity contribution in [2.24, 2.45) is 0 Å². The molecule has 2 aromatic carbocycles. The predicted molar refractivity (Wildman–Crippen MR) is 80.0 cm³/mol. The lowest BCUT2D eigenvalue weighted by atomic mass is 10.1. The number of nitrogens with two attached hydrogens (primary N) is 1. The maximum atomic E-state index is 12.9. The third-order valence-corrected chi connectivity index (χ3v) is 3.13. The highest BCUT2D eigenvalue weighted by Crippen LogP contribution is 2.18. The molecule has 0 aliphatic rings. The molecule has 0 aliphatic carbocycles. The van der Waals surface area contributed by atoms with Crippen molar-refractivity contribution in [2.75, 3.05) is 5.73 Å². The number of carbonyl (C=O) groups excluding carboxylic acids is 1. The number of anilines is 1. The molecule has 102 valence electrons. The number of hydrogen-bond acceptors (Lipinski definition) is 2. The van der Waals surface area contributed by atoms with E-state index in [1.165, 1.54) is 24.3 Å². The van der Waals surface area contributed by atoms with E-state index in [-0.39, 0.29) is 17.2 Å². The summed E-state index contributed by atoms with van der Waals surface area (Å²) in [5, 5.41) is 0.263. The monoisotopic (exact) mass is 289 g/mol. The van der Waals surface area contributed by atoms with Gasteiger partial charge in [0.25, 0.3) is 0 Å². The molecule has 0 unspecified atom stereocenters. The normalized spacial score (nSPS) is 10.9. The third-order valence-electron chi connectivity index (χ3n) is 2.78. The summed E-state index contributed by atoms with van der Waals surface area (Å²) < 4.78 is 12.9. The van der Waals surface area contributed by atoms with Gasteiger partial charge in [0.2, 0.25) is 0 Å². The first-order chi connectivity index (χ1) is 9.54. The van der Waals surface area contributed by atoms with Crippen molar-refractivity contribution in [1.29, 1.82) is 0 Å². The Morgan fingerprint density at radius 2 is 1.90 bits per heavy atom. The Hall–Kier alpha value is -2.13.